The van der Waals surface area contributed by atoms with Gasteiger partial charge in [-0.3, -0.25) is 0 Å². The molecule has 1 aromatic carbocycles. The lowest BCUT2D eigenvalue weighted by Gasteiger charge is -2.21. The summed E-state index contributed by atoms with van der Waals surface area (Å²) in [5.74, 6) is 0.103. The highest BCUT2D eigenvalue weighted by Gasteiger charge is 2.31. The minimum Gasteiger partial charge on any atom is -0.464 e. The third kappa shape index (κ3) is 4.99. The van der Waals surface area contributed by atoms with Crippen molar-refractivity contribution in [3.63, 3.8) is 0 Å². The molecule has 9 heteroatoms. The van der Waals surface area contributed by atoms with E-state index in [2.05, 4.69) is 15.3 Å². The summed E-state index contributed by atoms with van der Waals surface area (Å²) in [7, 11) is -2.05. The maximum Gasteiger partial charge on any atom is 0.358 e. The highest BCUT2D eigenvalue weighted by molar-refractivity contribution is 7.90. The van der Waals surface area contributed by atoms with Crippen LogP contribution in [0.1, 0.15) is 52.2 Å². The maximum absolute atomic E-state index is 12.1. The molecule has 150 valence electrons. The number of nitrogens with zero attached hydrogens (tertiary/aromatic N) is 2. The average Bonchev–Trinajstić information content (AvgIpc) is 3.47. The second-order valence-corrected chi connectivity index (χ2v) is 9.62. The molecule has 2 aromatic rings. The lowest BCUT2D eigenvalue weighted by atomic mass is 10.1. The van der Waals surface area contributed by atoms with Crippen LogP contribution in [0.25, 0.3) is 0 Å². The molecule has 0 amide bonds. The second-order valence-electron chi connectivity index (χ2n) is 7.06. The van der Waals surface area contributed by atoms with Crippen molar-refractivity contribution < 1.29 is 17.9 Å². The summed E-state index contributed by atoms with van der Waals surface area (Å²) < 4.78 is 28.7. The third-order valence-corrected chi connectivity index (χ3v) is 5.75. The Hall–Kier alpha value is -2.19. The van der Waals surface area contributed by atoms with Crippen molar-refractivity contribution in [2.45, 2.75) is 31.7 Å². The van der Waals surface area contributed by atoms with Gasteiger partial charge in [-0.05, 0) is 25.3 Å². The predicted molar refractivity (Wildman–Crippen MR) is 108 cm³/mol. The van der Waals surface area contributed by atoms with E-state index in [4.69, 9.17) is 16.3 Å². The summed E-state index contributed by atoms with van der Waals surface area (Å²) in [6.07, 6.45) is 3.05. The molecule has 0 saturated heterocycles. The van der Waals surface area contributed by atoms with E-state index in [1.165, 1.54) is 13.4 Å². The Bertz CT molecular complexity index is 989. The van der Waals surface area contributed by atoms with Crippen LogP contribution >= 0.6 is 11.6 Å². The van der Waals surface area contributed by atoms with E-state index in [1.54, 1.807) is 0 Å². The Morgan fingerprint density at radius 3 is 2.46 bits per heavy atom. The first-order chi connectivity index (χ1) is 13.2. The van der Waals surface area contributed by atoms with Gasteiger partial charge in [0.1, 0.15) is 26.5 Å². The third-order valence-electron chi connectivity index (χ3n) is 4.45. The molecule has 1 unspecified atom stereocenters. The van der Waals surface area contributed by atoms with E-state index in [-0.39, 0.29) is 28.2 Å². The predicted octanol–water partition coefficient (Wildman–Crippen LogP) is 3.30. The van der Waals surface area contributed by atoms with Crippen LogP contribution in [0.4, 0.5) is 5.82 Å². The summed E-state index contributed by atoms with van der Waals surface area (Å²) in [4.78, 5) is 20.8. The fraction of sp³-hybridized carbons (Fsp3) is 0.421. The molecule has 0 radical (unpaired) electrons. The number of methoxy groups -OCH3 is 1. The van der Waals surface area contributed by atoms with Crippen LogP contribution in [0.3, 0.4) is 0 Å². The number of esters is 1. The molecule has 7 nitrogen and oxygen atoms in total. The van der Waals surface area contributed by atoms with Crippen LogP contribution in [-0.2, 0) is 14.6 Å². The zero-order valence-corrected chi connectivity index (χ0v) is 17.5. The number of hydrogen-bond donors (Lipinski definition) is 1. The molecule has 3 rings (SSSR count). The van der Waals surface area contributed by atoms with Crippen molar-refractivity contribution in [1.29, 1.82) is 0 Å². The van der Waals surface area contributed by atoms with Crippen LogP contribution in [0.15, 0.2) is 24.3 Å². The normalized spacial score (nSPS) is 15.1. The number of ether oxygens (including phenoxy) is 1. The number of aromatic nitrogens is 2. The van der Waals surface area contributed by atoms with Gasteiger partial charge in [0.2, 0.25) is 0 Å². The Balaban J connectivity index is 2.02. The van der Waals surface area contributed by atoms with Gasteiger partial charge in [0.05, 0.1) is 18.9 Å². The molecule has 1 aromatic heterocycles. The van der Waals surface area contributed by atoms with Gasteiger partial charge in [0.15, 0.2) is 5.69 Å². The maximum atomic E-state index is 12.1. The molecule has 28 heavy (non-hydrogen) atoms. The van der Waals surface area contributed by atoms with Crippen LogP contribution in [0.5, 0.6) is 0 Å². The number of carbonyl (C=O) groups is 1. The number of halogens is 1. The van der Waals surface area contributed by atoms with Gasteiger partial charge in [-0.15, -0.1) is 0 Å². The summed E-state index contributed by atoms with van der Waals surface area (Å²) in [6, 6.07) is 6.94. The number of anilines is 1. The van der Waals surface area contributed by atoms with E-state index in [0.717, 1.165) is 24.0 Å². The van der Waals surface area contributed by atoms with E-state index in [0.29, 0.717) is 5.82 Å². The fourth-order valence-corrected chi connectivity index (χ4v) is 3.90. The lowest BCUT2D eigenvalue weighted by molar-refractivity contribution is 0.0593. The van der Waals surface area contributed by atoms with Gasteiger partial charge in [-0.25, -0.2) is 23.2 Å². The molecular weight excluding hydrogens is 402 g/mol. The molecule has 1 fully saturated rings. The van der Waals surface area contributed by atoms with Gasteiger partial charge < -0.3 is 10.1 Å². The molecule has 1 aliphatic carbocycles. The molecule has 1 saturated carbocycles. The molecule has 0 bridgehead atoms. The number of carbonyl (C=O) groups excluding carboxylic acids is 1. The van der Waals surface area contributed by atoms with Gasteiger partial charge in [-0.2, -0.15) is 0 Å². The van der Waals surface area contributed by atoms with Crippen molar-refractivity contribution in [2.24, 2.45) is 0 Å². The summed E-state index contributed by atoms with van der Waals surface area (Å²) in [5, 5.41) is 3.13. The van der Waals surface area contributed by atoms with E-state index in [1.807, 2.05) is 31.2 Å². The summed E-state index contributed by atoms with van der Waals surface area (Å²) in [6.45, 7) is 1.95. The van der Waals surface area contributed by atoms with E-state index >= 15 is 0 Å². The summed E-state index contributed by atoms with van der Waals surface area (Å²) in [5.41, 5.74) is 1.81. The SMILES string of the molecule is COC(=O)c1nc(C2CC2)nc(NC(CS(C)(=O)=O)c2ccc(C)cc2)c1Cl. The minimum atomic E-state index is -3.30. The molecule has 1 heterocycles. The number of benzene rings is 1. The first-order valence-electron chi connectivity index (χ1n) is 8.84. The Kier molecular flexibility index (Phi) is 5.90. The van der Waals surface area contributed by atoms with Crippen molar-refractivity contribution >= 4 is 33.2 Å². The largest absolute Gasteiger partial charge is 0.464 e. The van der Waals surface area contributed by atoms with Gasteiger partial charge in [0.25, 0.3) is 0 Å². The molecule has 1 N–H and O–H groups in total. The van der Waals surface area contributed by atoms with Crippen molar-refractivity contribution in [3.8, 4) is 0 Å². The van der Waals surface area contributed by atoms with E-state index < -0.39 is 21.8 Å². The summed E-state index contributed by atoms with van der Waals surface area (Å²) >= 11 is 6.37. The highest BCUT2D eigenvalue weighted by atomic mass is 35.5. The topological polar surface area (TPSA) is 98.2 Å². The number of nitrogens with one attached hydrogen (secondary N) is 1. The zero-order valence-electron chi connectivity index (χ0n) is 15.9. The van der Waals surface area contributed by atoms with Gasteiger partial charge in [-0.1, -0.05) is 41.4 Å². The Morgan fingerprint density at radius 2 is 1.93 bits per heavy atom. The second kappa shape index (κ2) is 8.05. The first-order valence-corrected chi connectivity index (χ1v) is 11.3. The highest BCUT2D eigenvalue weighted by Crippen LogP contribution is 2.40. The van der Waals surface area contributed by atoms with Crippen molar-refractivity contribution in [3.05, 3.63) is 51.9 Å². The minimum absolute atomic E-state index is 0.0156. The van der Waals surface area contributed by atoms with Crippen molar-refractivity contribution in [1.82, 2.24) is 9.97 Å². The molecule has 1 aliphatic rings. The van der Waals surface area contributed by atoms with Crippen LogP contribution in [0.2, 0.25) is 5.02 Å². The first kappa shape index (κ1) is 20.5. The quantitative estimate of drug-likeness (QED) is 0.682. The van der Waals surface area contributed by atoms with E-state index in [9.17, 15) is 13.2 Å². The molecule has 0 spiro atoms. The van der Waals surface area contributed by atoms with Gasteiger partial charge in [0, 0.05) is 12.2 Å². The lowest BCUT2D eigenvalue weighted by Crippen LogP contribution is -2.22. The molecule has 0 aliphatic heterocycles. The fourth-order valence-electron chi connectivity index (χ4n) is 2.80. The number of hydrogen-bond acceptors (Lipinski definition) is 7. The standard InChI is InChI=1S/C19H22ClN3O4S/c1-11-4-6-12(7-5-11)14(10-28(3,25)26)21-18-15(20)16(19(24)27-2)22-17(23-18)13-8-9-13/h4-7,13-14H,8-10H2,1-3H3,(H,21,22,23). The Labute approximate surface area is 169 Å². The Morgan fingerprint density at radius 1 is 1.29 bits per heavy atom. The monoisotopic (exact) mass is 423 g/mol. The molecular formula is C19H22ClN3O4S. The number of rotatable bonds is 7. The number of sulfone groups is 1. The number of aryl methyl sites for hydroxylation is 1. The van der Waals surface area contributed by atoms with Crippen LogP contribution < -0.4 is 5.32 Å². The zero-order chi connectivity index (χ0) is 20.5. The smallest absolute Gasteiger partial charge is 0.358 e. The van der Waals surface area contributed by atoms with Gasteiger partial charge >= 0.3 is 5.97 Å². The van der Waals surface area contributed by atoms with Crippen molar-refractivity contribution in [2.75, 3.05) is 24.4 Å². The van der Waals surface area contributed by atoms with Crippen LogP contribution in [-0.4, -0.2) is 43.5 Å². The van der Waals surface area contributed by atoms with Crippen LogP contribution in [0, 0.1) is 6.92 Å². The molecule has 1 atom stereocenters. The average molecular weight is 424 g/mol.